The van der Waals surface area contributed by atoms with Crippen LogP contribution in [0.25, 0.3) is 5.69 Å². The Kier molecular flexibility index (Phi) is 4.42. The van der Waals surface area contributed by atoms with E-state index < -0.39 is 11.9 Å². The van der Waals surface area contributed by atoms with Crippen molar-refractivity contribution in [1.29, 1.82) is 0 Å². The van der Waals surface area contributed by atoms with Crippen LogP contribution >= 0.6 is 0 Å². The van der Waals surface area contributed by atoms with E-state index in [0.29, 0.717) is 5.69 Å². The van der Waals surface area contributed by atoms with E-state index in [1.165, 1.54) is 23.1 Å². The third kappa shape index (κ3) is 3.19. The molecular weight excluding hydrogens is 312 g/mol. The lowest BCUT2D eigenvalue weighted by Crippen LogP contribution is -2.11. The van der Waals surface area contributed by atoms with Gasteiger partial charge in [0, 0.05) is 6.07 Å². The molecule has 122 valence electrons. The number of hydrogen-bond donors (Lipinski definition) is 0. The summed E-state index contributed by atoms with van der Waals surface area (Å²) in [6.45, 7) is 1.92. The Morgan fingerprint density at radius 1 is 1.12 bits per heavy atom. The van der Waals surface area contributed by atoms with E-state index in [1.807, 2.05) is 6.07 Å². The Labute approximate surface area is 137 Å². The third-order valence-corrected chi connectivity index (χ3v) is 3.08. The maximum absolute atomic E-state index is 12.1. The molecule has 0 fully saturated rings. The predicted octanol–water partition coefficient (Wildman–Crippen LogP) is 2.86. The smallest absolute Gasteiger partial charge is 0.380 e. The van der Waals surface area contributed by atoms with E-state index in [1.54, 1.807) is 37.3 Å². The zero-order chi connectivity index (χ0) is 16.9. The van der Waals surface area contributed by atoms with E-state index in [0.717, 1.165) is 0 Å². The van der Waals surface area contributed by atoms with Crippen molar-refractivity contribution in [2.45, 2.75) is 6.92 Å². The summed E-state index contributed by atoms with van der Waals surface area (Å²) < 4.78 is 16.6. The van der Waals surface area contributed by atoms with Gasteiger partial charge in [0.1, 0.15) is 0 Å². The molecule has 0 spiro atoms. The first-order valence-corrected chi connectivity index (χ1v) is 7.27. The fourth-order valence-corrected chi connectivity index (χ4v) is 2.04. The van der Waals surface area contributed by atoms with Crippen LogP contribution in [0.1, 0.15) is 28.0 Å². The molecular formula is C17H14N2O5. The Bertz CT molecular complexity index is 837. The maximum atomic E-state index is 12.1. The number of furan rings is 1. The molecule has 0 N–H and O–H groups in total. The molecule has 0 unspecified atom stereocenters. The minimum Gasteiger partial charge on any atom is -0.461 e. The number of hydrogen-bond acceptors (Lipinski definition) is 6. The highest BCUT2D eigenvalue weighted by molar-refractivity contribution is 5.90. The average Bonchev–Trinajstić information content (AvgIpc) is 3.26. The summed E-state index contributed by atoms with van der Waals surface area (Å²) in [5.41, 5.74) is 0.679. The van der Waals surface area contributed by atoms with Crippen LogP contribution in [0.2, 0.25) is 0 Å². The summed E-state index contributed by atoms with van der Waals surface area (Å²) in [6, 6.07) is 13.4. The molecule has 0 aliphatic rings. The first-order valence-electron chi connectivity index (χ1n) is 7.27. The summed E-state index contributed by atoms with van der Waals surface area (Å²) in [7, 11) is 0. The van der Waals surface area contributed by atoms with Crippen LogP contribution in [0.5, 0.6) is 5.88 Å². The number of ether oxygens (including phenoxy) is 2. The van der Waals surface area contributed by atoms with Gasteiger partial charge in [0.25, 0.3) is 0 Å². The zero-order valence-corrected chi connectivity index (χ0v) is 12.8. The van der Waals surface area contributed by atoms with Crippen LogP contribution < -0.4 is 4.74 Å². The first kappa shape index (κ1) is 15.5. The molecule has 0 atom stereocenters. The van der Waals surface area contributed by atoms with Gasteiger partial charge in [-0.1, -0.05) is 18.2 Å². The molecule has 0 saturated heterocycles. The predicted molar refractivity (Wildman–Crippen MR) is 83.2 cm³/mol. The molecule has 2 heterocycles. The number of nitrogens with zero attached hydrogens (tertiary/aromatic N) is 2. The molecule has 1 aromatic carbocycles. The molecule has 7 nitrogen and oxygen atoms in total. The van der Waals surface area contributed by atoms with Gasteiger partial charge in [0.15, 0.2) is 5.69 Å². The Hall–Kier alpha value is -3.35. The molecule has 0 aliphatic carbocycles. The first-order chi connectivity index (χ1) is 11.7. The van der Waals surface area contributed by atoms with Crippen molar-refractivity contribution in [2.24, 2.45) is 0 Å². The summed E-state index contributed by atoms with van der Waals surface area (Å²) in [4.78, 5) is 24.0. The number of aromatic nitrogens is 2. The van der Waals surface area contributed by atoms with E-state index >= 15 is 0 Å². The highest BCUT2D eigenvalue weighted by Crippen LogP contribution is 2.21. The van der Waals surface area contributed by atoms with Gasteiger partial charge in [-0.3, -0.25) is 0 Å². The van der Waals surface area contributed by atoms with Crippen LogP contribution in [0, 0.1) is 0 Å². The van der Waals surface area contributed by atoms with Gasteiger partial charge in [-0.2, -0.15) is 9.78 Å². The number of carbonyl (C=O) groups is 2. The zero-order valence-electron chi connectivity index (χ0n) is 12.8. The lowest BCUT2D eigenvalue weighted by molar-refractivity contribution is 0.0518. The second kappa shape index (κ2) is 6.82. The van der Waals surface area contributed by atoms with Crippen LogP contribution in [0.3, 0.4) is 0 Å². The Morgan fingerprint density at radius 2 is 1.92 bits per heavy atom. The lowest BCUT2D eigenvalue weighted by Gasteiger charge is -2.06. The Balaban J connectivity index is 1.96. The molecule has 3 aromatic rings. The highest BCUT2D eigenvalue weighted by Gasteiger charge is 2.21. The third-order valence-electron chi connectivity index (χ3n) is 3.08. The van der Waals surface area contributed by atoms with Crippen LogP contribution in [0.4, 0.5) is 0 Å². The van der Waals surface area contributed by atoms with Gasteiger partial charge in [-0.05, 0) is 31.2 Å². The van der Waals surface area contributed by atoms with Crippen molar-refractivity contribution in [3.05, 3.63) is 66.2 Å². The van der Waals surface area contributed by atoms with Gasteiger partial charge in [0.05, 0.1) is 18.6 Å². The van der Waals surface area contributed by atoms with E-state index in [2.05, 4.69) is 5.10 Å². The fraction of sp³-hybridized carbons (Fsp3) is 0.118. The molecule has 2 aromatic heterocycles. The average molecular weight is 326 g/mol. The fourth-order valence-electron chi connectivity index (χ4n) is 2.04. The van der Waals surface area contributed by atoms with Crippen LogP contribution in [-0.2, 0) is 4.74 Å². The summed E-state index contributed by atoms with van der Waals surface area (Å²) in [5, 5.41) is 4.17. The minimum atomic E-state index is -0.688. The number of esters is 2. The van der Waals surface area contributed by atoms with Crippen molar-refractivity contribution in [3.63, 3.8) is 0 Å². The normalized spacial score (nSPS) is 10.4. The second-order valence-electron chi connectivity index (χ2n) is 4.70. The molecule has 24 heavy (non-hydrogen) atoms. The van der Waals surface area contributed by atoms with Crippen LogP contribution in [0.15, 0.2) is 59.2 Å². The monoisotopic (exact) mass is 326 g/mol. The van der Waals surface area contributed by atoms with Crippen molar-refractivity contribution < 1.29 is 23.5 Å². The summed E-state index contributed by atoms with van der Waals surface area (Å²) in [5.74, 6) is -1.14. The van der Waals surface area contributed by atoms with Crippen molar-refractivity contribution in [1.82, 2.24) is 9.78 Å². The van der Waals surface area contributed by atoms with Gasteiger partial charge in [0.2, 0.25) is 11.6 Å². The van der Waals surface area contributed by atoms with Gasteiger partial charge >= 0.3 is 11.9 Å². The molecule has 7 heteroatoms. The standard InChI is InChI=1S/C17H14N2O5/c1-2-22-16(20)13-11-15(24-17(21)14-9-6-10-23-14)19(18-13)12-7-4-3-5-8-12/h3-11H,2H2,1H3. The van der Waals surface area contributed by atoms with E-state index in [4.69, 9.17) is 13.9 Å². The molecule has 0 radical (unpaired) electrons. The quantitative estimate of drug-likeness (QED) is 0.670. The Morgan fingerprint density at radius 3 is 2.58 bits per heavy atom. The van der Waals surface area contributed by atoms with Crippen molar-refractivity contribution in [3.8, 4) is 11.6 Å². The van der Waals surface area contributed by atoms with Gasteiger partial charge in [-0.25, -0.2) is 9.59 Å². The maximum Gasteiger partial charge on any atom is 0.380 e. The van der Waals surface area contributed by atoms with Gasteiger partial charge < -0.3 is 13.9 Å². The molecule has 0 bridgehead atoms. The second-order valence-corrected chi connectivity index (χ2v) is 4.70. The number of para-hydroxylation sites is 1. The van der Waals surface area contributed by atoms with Gasteiger partial charge in [-0.15, -0.1) is 0 Å². The van der Waals surface area contributed by atoms with E-state index in [-0.39, 0.29) is 23.9 Å². The minimum absolute atomic E-state index is 0.0444. The molecule has 0 aliphatic heterocycles. The van der Waals surface area contributed by atoms with Crippen molar-refractivity contribution in [2.75, 3.05) is 6.61 Å². The summed E-state index contributed by atoms with van der Waals surface area (Å²) >= 11 is 0. The topological polar surface area (TPSA) is 83.6 Å². The molecule has 3 rings (SSSR count). The SMILES string of the molecule is CCOC(=O)c1cc(OC(=O)c2ccco2)n(-c2ccccc2)n1. The van der Waals surface area contributed by atoms with E-state index in [9.17, 15) is 9.59 Å². The lowest BCUT2D eigenvalue weighted by atomic mass is 10.3. The van der Waals surface area contributed by atoms with Crippen LogP contribution in [-0.4, -0.2) is 28.3 Å². The largest absolute Gasteiger partial charge is 0.461 e. The highest BCUT2D eigenvalue weighted by atomic mass is 16.6. The number of carbonyl (C=O) groups excluding carboxylic acids is 2. The molecule has 0 saturated carbocycles. The number of rotatable bonds is 5. The van der Waals surface area contributed by atoms with Crippen molar-refractivity contribution >= 4 is 11.9 Å². The number of benzene rings is 1. The molecule has 0 amide bonds. The summed E-state index contributed by atoms with van der Waals surface area (Å²) in [6.07, 6.45) is 1.37.